The summed E-state index contributed by atoms with van der Waals surface area (Å²) in [5.74, 6) is 0.710. The summed E-state index contributed by atoms with van der Waals surface area (Å²) in [6.07, 6.45) is 8.23. The summed E-state index contributed by atoms with van der Waals surface area (Å²) >= 11 is 0. The molecule has 0 saturated heterocycles. The van der Waals surface area contributed by atoms with E-state index in [-0.39, 0.29) is 0 Å². The third-order valence-corrected chi connectivity index (χ3v) is 7.39. The van der Waals surface area contributed by atoms with Crippen LogP contribution in [0.5, 0.6) is 5.75 Å². The number of aryl methyl sites for hydroxylation is 2. The minimum atomic E-state index is -3.32. The Labute approximate surface area is 189 Å². The quantitative estimate of drug-likeness (QED) is 0.476. The standard InChI is InChI=1S/C24H28N4O3S/c1-28-18-21-15-23(7-8-24(21)32(28,29)30)31-13-3-11-26-17-20-9-12-27-22(14-20)6-5-19-4-2-10-25-16-19/h2,4,7-10,12,14-16,26H,3,5-6,11,13,17-18H2,1H3. The minimum absolute atomic E-state index is 0.381. The summed E-state index contributed by atoms with van der Waals surface area (Å²) in [5, 5.41) is 3.44. The van der Waals surface area contributed by atoms with Crippen LogP contribution in [-0.4, -0.2) is 42.9 Å². The second kappa shape index (κ2) is 10.2. The summed E-state index contributed by atoms with van der Waals surface area (Å²) in [5.41, 5.74) is 4.31. The molecule has 1 N–H and O–H groups in total. The van der Waals surface area contributed by atoms with Gasteiger partial charge in [-0.2, -0.15) is 4.31 Å². The Morgan fingerprint density at radius 1 is 1.09 bits per heavy atom. The summed E-state index contributed by atoms with van der Waals surface area (Å²) < 4.78 is 31.4. The van der Waals surface area contributed by atoms with Crippen molar-refractivity contribution in [2.75, 3.05) is 20.2 Å². The summed E-state index contributed by atoms with van der Waals surface area (Å²) in [6, 6.07) is 13.4. The molecule has 3 heterocycles. The van der Waals surface area contributed by atoms with E-state index in [9.17, 15) is 8.42 Å². The minimum Gasteiger partial charge on any atom is -0.494 e. The maximum absolute atomic E-state index is 12.1. The van der Waals surface area contributed by atoms with Gasteiger partial charge in [-0.3, -0.25) is 9.97 Å². The van der Waals surface area contributed by atoms with E-state index in [0.717, 1.165) is 43.6 Å². The van der Waals surface area contributed by atoms with Gasteiger partial charge in [0.05, 0.1) is 11.5 Å². The number of nitrogens with zero attached hydrogens (tertiary/aromatic N) is 3. The van der Waals surface area contributed by atoms with E-state index < -0.39 is 10.0 Å². The van der Waals surface area contributed by atoms with Crippen LogP contribution in [0.2, 0.25) is 0 Å². The van der Waals surface area contributed by atoms with Crippen molar-refractivity contribution >= 4 is 10.0 Å². The van der Waals surface area contributed by atoms with Crippen LogP contribution < -0.4 is 10.1 Å². The lowest BCUT2D eigenvalue weighted by atomic mass is 10.1. The fourth-order valence-corrected chi connectivity index (χ4v) is 5.07. The molecule has 0 saturated carbocycles. The van der Waals surface area contributed by atoms with Crippen molar-refractivity contribution in [3.05, 3.63) is 83.4 Å². The van der Waals surface area contributed by atoms with E-state index in [4.69, 9.17) is 4.74 Å². The number of nitrogens with one attached hydrogen (secondary N) is 1. The molecule has 0 unspecified atom stereocenters. The first kappa shape index (κ1) is 22.4. The fraction of sp³-hybridized carbons (Fsp3) is 0.333. The maximum Gasteiger partial charge on any atom is 0.243 e. The number of hydrogen-bond donors (Lipinski definition) is 1. The van der Waals surface area contributed by atoms with Gasteiger partial charge in [-0.1, -0.05) is 6.07 Å². The van der Waals surface area contributed by atoms with E-state index in [2.05, 4.69) is 27.4 Å². The number of pyridine rings is 2. The van der Waals surface area contributed by atoms with E-state index in [1.165, 1.54) is 15.4 Å². The van der Waals surface area contributed by atoms with Crippen molar-refractivity contribution in [1.29, 1.82) is 0 Å². The van der Waals surface area contributed by atoms with Crippen LogP contribution in [0, 0.1) is 0 Å². The number of aromatic nitrogens is 2. The van der Waals surface area contributed by atoms with Gasteiger partial charge in [-0.15, -0.1) is 0 Å². The molecule has 7 nitrogen and oxygen atoms in total. The Morgan fingerprint density at radius 2 is 2.00 bits per heavy atom. The predicted octanol–water partition coefficient (Wildman–Crippen LogP) is 2.95. The lowest BCUT2D eigenvalue weighted by molar-refractivity contribution is 0.307. The number of benzene rings is 1. The van der Waals surface area contributed by atoms with Gasteiger partial charge in [0.25, 0.3) is 0 Å². The van der Waals surface area contributed by atoms with Crippen LogP contribution in [-0.2, 0) is 36.0 Å². The molecular formula is C24H28N4O3S. The number of hydrogen-bond acceptors (Lipinski definition) is 6. The van der Waals surface area contributed by atoms with Crippen molar-refractivity contribution in [2.45, 2.75) is 37.2 Å². The molecule has 168 valence electrons. The third-order valence-electron chi connectivity index (χ3n) is 5.48. The highest BCUT2D eigenvalue weighted by molar-refractivity contribution is 7.89. The zero-order valence-corrected chi connectivity index (χ0v) is 19.0. The first-order chi connectivity index (χ1) is 15.5. The molecule has 1 aliphatic rings. The summed E-state index contributed by atoms with van der Waals surface area (Å²) in [6.45, 7) is 2.58. The van der Waals surface area contributed by atoms with Gasteiger partial charge < -0.3 is 10.1 Å². The van der Waals surface area contributed by atoms with Gasteiger partial charge in [0.2, 0.25) is 10.0 Å². The molecule has 0 radical (unpaired) electrons. The Balaban J connectivity index is 1.17. The maximum atomic E-state index is 12.1. The van der Waals surface area contributed by atoms with E-state index in [1.54, 1.807) is 25.4 Å². The molecule has 1 aliphatic heterocycles. The molecule has 0 atom stereocenters. The highest BCUT2D eigenvalue weighted by Crippen LogP contribution is 2.31. The van der Waals surface area contributed by atoms with Gasteiger partial charge in [-0.25, -0.2) is 8.42 Å². The first-order valence-corrected chi connectivity index (χ1v) is 12.2. The molecular weight excluding hydrogens is 424 g/mol. The Hall–Kier alpha value is -2.81. The Bertz CT molecular complexity index is 1150. The molecule has 0 fully saturated rings. The largest absolute Gasteiger partial charge is 0.494 e. The molecule has 0 bridgehead atoms. The van der Waals surface area contributed by atoms with Crippen molar-refractivity contribution in [3.63, 3.8) is 0 Å². The van der Waals surface area contributed by atoms with Crippen molar-refractivity contribution < 1.29 is 13.2 Å². The highest BCUT2D eigenvalue weighted by Gasteiger charge is 2.31. The Morgan fingerprint density at radius 3 is 2.84 bits per heavy atom. The van der Waals surface area contributed by atoms with Gasteiger partial charge in [-0.05, 0) is 78.9 Å². The van der Waals surface area contributed by atoms with Crippen molar-refractivity contribution in [2.24, 2.45) is 0 Å². The van der Waals surface area contributed by atoms with E-state index in [1.807, 2.05) is 30.6 Å². The highest BCUT2D eigenvalue weighted by atomic mass is 32.2. The van der Waals surface area contributed by atoms with Crippen LogP contribution in [0.1, 0.15) is 28.8 Å². The summed E-state index contributed by atoms with van der Waals surface area (Å²) in [4.78, 5) is 9.01. The van der Waals surface area contributed by atoms with Crippen molar-refractivity contribution in [1.82, 2.24) is 19.6 Å². The van der Waals surface area contributed by atoms with Gasteiger partial charge >= 0.3 is 0 Å². The topological polar surface area (TPSA) is 84.4 Å². The number of ether oxygens (including phenoxy) is 1. The molecule has 8 heteroatoms. The number of sulfonamides is 1. The number of rotatable bonds is 10. The van der Waals surface area contributed by atoms with Gasteiger partial charge in [0, 0.05) is 44.4 Å². The van der Waals surface area contributed by atoms with Crippen LogP contribution in [0.25, 0.3) is 0 Å². The van der Waals surface area contributed by atoms with E-state index >= 15 is 0 Å². The third kappa shape index (κ3) is 5.51. The monoisotopic (exact) mass is 452 g/mol. The SMILES string of the molecule is CN1Cc2cc(OCCCNCc3ccnc(CCc4cccnc4)c3)ccc2S1(=O)=O. The van der Waals surface area contributed by atoms with Crippen LogP contribution in [0.4, 0.5) is 0 Å². The van der Waals surface area contributed by atoms with Gasteiger partial charge in [0.15, 0.2) is 0 Å². The molecule has 3 aromatic rings. The van der Waals surface area contributed by atoms with Crippen LogP contribution in [0.3, 0.4) is 0 Å². The second-order valence-electron chi connectivity index (χ2n) is 7.93. The zero-order valence-electron chi connectivity index (χ0n) is 18.2. The molecule has 0 spiro atoms. The fourth-order valence-electron chi connectivity index (χ4n) is 3.73. The van der Waals surface area contributed by atoms with E-state index in [0.29, 0.717) is 23.8 Å². The molecule has 0 aliphatic carbocycles. The van der Waals surface area contributed by atoms with Crippen LogP contribution >= 0.6 is 0 Å². The van der Waals surface area contributed by atoms with Gasteiger partial charge in [0.1, 0.15) is 5.75 Å². The number of fused-ring (bicyclic) bond motifs is 1. The molecule has 0 amide bonds. The summed E-state index contributed by atoms with van der Waals surface area (Å²) in [7, 11) is -1.73. The Kier molecular flexibility index (Phi) is 7.14. The molecule has 1 aromatic carbocycles. The average Bonchev–Trinajstić information content (AvgIpc) is 3.03. The van der Waals surface area contributed by atoms with Crippen molar-refractivity contribution in [3.8, 4) is 5.75 Å². The van der Waals surface area contributed by atoms with Crippen LogP contribution in [0.15, 0.2) is 66.0 Å². The lowest BCUT2D eigenvalue weighted by Gasteiger charge is -2.09. The molecule has 4 rings (SSSR count). The smallest absolute Gasteiger partial charge is 0.243 e. The second-order valence-corrected chi connectivity index (χ2v) is 9.94. The predicted molar refractivity (Wildman–Crippen MR) is 123 cm³/mol. The lowest BCUT2D eigenvalue weighted by Crippen LogP contribution is -2.18. The average molecular weight is 453 g/mol. The normalized spacial score (nSPS) is 14.9. The molecule has 2 aromatic heterocycles. The molecule has 32 heavy (non-hydrogen) atoms. The zero-order chi connectivity index (χ0) is 22.4. The first-order valence-electron chi connectivity index (χ1n) is 10.8.